The lowest BCUT2D eigenvalue weighted by atomic mass is 10.1. The van der Waals surface area contributed by atoms with Gasteiger partial charge in [0.2, 0.25) is 11.8 Å². The first-order valence-electron chi connectivity index (χ1n) is 8.74. The minimum absolute atomic E-state index is 0.0307. The first-order chi connectivity index (χ1) is 14.5. The summed E-state index contributed by atoms with van der Waals surface area (Å²) in [4.78, 5) is 23.9. The molecule has 0 bridgehead atoms. The Morgan fingerprint density at radius 3 is 2.60 bits per heavy atom. The zero-order chi connectivity index (χ0) is 21.5. The third-order valence-electron chi connectivity index (χ3n) is 3.95. The molecule has 0 aliphatic carbocycles. The number of amides is 1. The summed E-state index contributed by atoms with van der Waals surface area (Å²) in [7, 11) is 2.88. The molecule has 0 aliphatic rings. The van der Waals surface area contributed by atoms with Crippen molar-refractivity contribution in [1.82, 2.24) is 10.2 Å². The Morgan fingerprint density at radius 1 is 1.13 bits per heavy atom. The van der Waals surface area contributed by atoms with E-state index >= 15 is 0 Å². The van der Waals surface area contributed by atoms with Crippen molar-refractivity contribution in [3.8, 4) is 5.75 Å². The minimum Gasteiger partial charge on any atom is -0.497 e. The zero-order valence-corrected chi connectivity index (χ0v) is 17.7. The molecule has 8 nitrogen and oxygen atoms in total. The molecule has 1 amide bonds. The van der Waals surface area contributed by atoms with E-state index in [0.29, 0.717) is 23.0 Å². The van der Waals surface area contributed by atoms with Gasteiger partial charge in [-0.05, 0) is 35.9 Å². The van der Waals surface area contributed by atoms with Crippen molar-refractivity contribution >= 4 is 40.9 Å². The average Bonchev–Trinajstić information content (AvgIpc) is 3.21. The number of nitrogens with zero attached hydrogens (tertiary/aromatic N) is 2. The highest BCUT2D eigenvalue weighted by atomic mass is 35.5. The van der Waals surface area contributed by atoms with E-state index in [1.807, 2.05) is 24.3 Å². The van der Waals surface area contributed by atoms with Gasteiger partial charge in [-0.1, -0.05) is 35.5 Å². The molecule has 0 saturated carbocycles. The molecular weight excluding hydrogens is 430 g/mol. The number of nitrogens with one attached hydrogen (secondary N) is 1. The number of thioether (sulfide) groups is 1. The highest BCUT2D eigenvalue weighted by molar-refractivity contribution is 7.99. The van der Waals surface area contributed by atoms with E-state index in [1.165, 1.54) is 25.3 Å². The predicted octanol–water partition coefficient (Wildman–Crippen LogP) is 3.84. The van der Waals surface area contributed by atoms with Crippen LogP contribution in [0.15, 0.2) is 52.1 Å². The standard InChI is InChI=1S/C20H18ClN3O5S/c1-27-14-6-3-12(4-7-14)9-18-23-24-20(29-18)30-11-17(25)22-16-10-13(19(26)28-2)5-8-15(16)21/h3-8,10H,9,11H2,1-2H3,(H,22,25). The summed E-state index contributed by atoms with van der Waals surface area (Å²) in [6, 6.07) is 12.0. The molecular formula is C20H18ClN3O5S. The van der Waals surface area contributed by atoms with Gasteiger partial charge in [-0.2, -0.15) is 0 Å². The van der Waals surface area contributed by atoms with Gasteiger partial charge in [0.15, 0.2) is 0 Å². The number of methoxy groups -OCH3 is 2. The number of anilines is 1. The highest BCUT2D eigenvalue weighted by Gasteiger charge is 2.14. The maximum atomic E-state index is 12.2. The molecule has 1 N–H and O–H groups in total. The van der Waals surface area contributed by atoms with Gasteiger partial charge < -0.3 is 19.2 Å². The Bertz CT molecular complexity index is 1040. The Balaban J connectivity index is 1.54. The summed E-state index contributed by atoms with van der Waals surface area (Å²) in [6.07, 6.45) is 0.472. The quantitative estimate of drug-likeness (QED) is 0.410. The van der Waals surface area contributed by atoms with Crippen molar-refractivity contribution in [2.24, 2.45) is 0 Å². The number of carbonyl (C=O) groups is 2. The van der Waals surface area contributed by atoms with Crippen molar-refractivity contribution in [1.29, 1.82) is 0 Å². The van der Waals surface area contributed by atoms with Gasteiger partial charge in [0.25, 0.3) is 5.22 Å². The third-order valence-corrected chi connectivity index (χ3v) is 5.10. The van der Waals surface area contributed by atoms with E-state index in [-0.39, 0.29) is 22.4 Å². The topological polar surface area (TPSA) is 104 Å². The highest BCUT2D eigenvalue weighted by Crippen LogP contribution is 2.24. The third kappa shape index (κ3) is 5.74. The number of ether oxygens (including phenoxy) is 2. The molecule has 3 rings (SSSR count). The smallest absolute Gasteiger partial charge is 0.337 e. The summed E-state index contributed by atoms with van der Waals surface area (Å²) in [5.74, 6) is 0.384. The van der Waals surface area contributed by atoms with Gasteiger partial charge in [-0.3, -0.25) is 4.79 Å². The Hall–Kier alpha value is -3.04. The summed E-state index contributed by atoms with van der Waals surface area (Å²) < 4.78 is 15.4. The molecule has 1 aromatic heterocycles. The Morgan fingerprint density at radius 2 is 1.90 bits per heavy atom. The molecule has 0 radical (unpaired) electrons. The monoisotopic (exact) mass is 447 g/mol. The maximum Gasteiger partial charge on any atom is 0.337 e. The van der Waals surface area contributed by atoms with Crippen LogP contribution in [0.1, 0.15) is 21.8 Å². The maximum absolute atomic E-state index is 12.2. The molecule has 2 aromatic carbocycles. The molecule has 0 atom stereocenters. The largest absolute Gasteiger partial charge is 0.497 e. The van der Waals surface area contributed by atoms with Crippen molar-refractivity contribution in [2.45, 2.75) is 11.6 Å². The second kappa shape index (κ2) is 10.1. The van der Waals surface area contributed by atoms with Crippen LogP contribution in [-0.4, -0.2) is 42.0 Å². The van der Waals surface area contributed by atoms with Crippen molar-refractivity contribution in [3.05, 3.63) is 64.5 Å². The normalized spacial score (nSPS) is 10.5. The average molecular weight is 448 g/mol. The van der Waals surface area contributed by atoms with E-state index in [0.717, 1.165) is 23.1 Å². The number of esters is 1. The second-order valence-electron chi connectivity index (χ2n) is 6.01. The lowest BCUT2D eigenvalue weighted by Gasteiger charge is -2.08. The van der Waals surface area contributed by atoms with Crippen LogP contribution in [-0.2, 0) is 16.0 Å². The van der Waals surface area contributed by atoms with Crippen molar-refractivity contribution in [2.75, 3.05) is 25.3 Å². The lowest BCUT2D eigenvalue weighted by Crippen LogP contribution is -2.15. The summed E-state index contributed by atoms with van der Waals surface area (Å²) in [5, 5.41) is 11.2. The number of carbonyl (C=O) groups excluding carboxylic acids is 2. The van der Waals surface area contributed by atoms with Crippen molar-refractivity contribution < 1.29 is 23.5 Å². The summed E-state index contributed by atoms with van der Waals surface area (Å²) in [5.41, 5.74) is 1.59. The summed E-state index contributed by atoms with van der Waals surface area (Å²) >= 11 is 7.18. The Labute approximate surface area is 181 Å². The van der Waals surface area contributed by atoms with Gasteiger partial charge >= 0.3 is 5.97 Å². The van der Waals surface area contributed by atoms with E-state index in [2.05, 4.69) is 20.3 Å². The molecule has 10 heteroatoms. The van der Waals surface area contributed by atoms with Crippen LogP contribution in [0.4, 0.5) is 5.69 Å². The first kappa shape index (κ1) is 21.7. The lowest BCUT2D eigenvalue weighted by molar-refractivity contribution is -0.113. The molecule has 0 saturated heterocycles. The van der Waals surface area contributed by atoms with Crippen LogP contribution in [0.5, 0.6) is 5.75 Å². The van der Waals surface area contributed by atoms with Crippen LogP contribution >= 0.6 is 23.4 Å². The molecule has 3 aromatic rings. The second-order valence-corrected chi connectivity index (χ2v) is 7.34. The fraction of sp³-hybridized carbons (Fsp3) is 0.200. The fourth-order valence-corrected chi connectivity index (χ4v) is 3.21. The molecule has 156 valence electrons. The van der Waals surface area contributed by atoms with E-state index in [4.69, 9.17) is 20.8 Å². The van der Waals surface area contributed by atoms with E-state index in [9.17, 15) is 9.59 Å². The number of halogens is 1. The van der Waals surface area contributed by atoms with Gasteiger partial charge in [-0.15, -0.1) is 10.2 Å². The zero-order valence-electron chi connectivity index (χ0n) is 16.2. The van der Waals surface area contributed by atoms with Gasteiger partial charge in [0.1, 0.15) is 5.75 Å². The first-order valence-corrected chi connectivity index (χ1v) is 10.1. The van der Waals surface area contributed by atoms with Crippen LogP contribution in [0.2, 0.25) is 5.02 Å². The van der Waals surface area contributed by atoms with Gasteiger partial charge in [0.05, 0.1) is 42.7 Å². The molecule has 1 heterocycles. The molecule has 0 aliphatic heterocycles. The Kier molecular flexibility index (Phi) is 7.31. The predicted molar refractivity (Wildman–Crippen MR) is 112 cm³/mol. The van der Waals surface area contributed by atoms with E-state index < -0.39 is 5.97 Å². The van der Waals surface area contributed by atoms with E-state index in [1.54, 1.807) is 7.11 Å². The number of hydrogen-bond acceptors (Lipinski definition) is 8. The molecule has 0 fully saturated rings. The molecule has 0 spiro atoms. The minimum atomic E-state index is -0.521. The van der Waals surface area contributed by atoms with Crippen LogP contribution in [0, 0.1) is 0 Å². The number of aromatic nitrogens is 2. The van der Waals surface area contributed by atoms with Crippen LogP contribution in [0.3, 0.4) is 0 Å². The van der Waals surface area contributed by atoms with Gasteiger partial charge in [0, 0.05) is 0 Å². The fourth-order valence-electron chi connectivity index (χ4n) is 2.47. The number of hydrogen-bond donors (Lipinski definition) is 1. The number of rotatable bonds is 8. The van der Waals surface area contributed by atoms with Crippen LogP contribution < -0.4 is 10.1 Å². The molecule has 30 heavy (non-hydrogen) atoms. The SMILES string of the molecule is COC(=O)c1ccc(Cl)c(NC(=O)CSc2nnc(Cc3ccc(OC)cc3)o2)c1. The number of benzene rings is 2. The summed E-state index contributed by atoms with van der Waals surface area (Å²) in [6.45, 7) is 0. The molecule has 0 unspecified atom stereocenters. The van der Waals surface area contributed by atoms with Gasteiger partial charge in [-0.25, -0.2) is 4.79 Å². The van der Waals surface area contributed by atoms with Crippen LogP contribution in [0.25, 0.3) is 0 Å². The van der Waals surface area contributed by atoms with Crippen molar-refractivity contribution in [3.63, 3.8) is 0 Å².